The first-order valence-corrected chi connectivity index (χ1v) is 10.2. The van der Waals surface area contributed by atoms with Crippen LogP contribution in [0.2, 0.25) is 0 Å². The molecule has 1 aliphatic heterocycles. The van der Waals surface area contributed by atoms with Crippen LogP contribution in [0.25, 0.3) is 0 Å². The van der Waals surface area contributed by atoms with Crippen LogP contribution < -0.4 is 15.4 Å². The zero-order valence-corrected chi connectivity index (χ0v) is 17.4. The van der Waals surface area contributed by atoms with E-state index >= 15 is 0 Å². The van der Waals surface area contributed by atoms with Crippen molar-refractivity contribution in [1.29, 1.82) is 0 Å². The number of carbonyl (C=O) groups is 3. The van der Waals surface area contributed by atoms with Crippen molar-refractivity contribution in [1.82, 2.24) is 10.2 Å². The van der Waals surface area contributed by atoms with E-state index in [1.54, 1.807) is 0 Å². The molecule has 2 unspecified atom stereocenters. The van der Waals surface area contributed by atoms with Crippen molar-refractivity contribution in [2.75, 3.05) is 31.6 Å². The van der Waals surface area contributed by atoms with Crippen molar-refractivity contribution in [3.8, 4) is 5.75 Å². The molecule has 0 bridgehead atoms. The molecule has 2 atom stereocenters. The first-order chi connectivity index (χ1) is 13.9. The maximum Gasteiger partial charge on any atom is 0.308 e. The fourth-order valence-electron chi connectivity index (χ4n) is 2.92. The summed E-state index contributed by atoms with van der Waals surface area (Å²) in [5.74, 6) is -0.330. The number of nitrogens with zero attached hydrogens (tertiary/aromatic N) is 1. The lowest BCUT2D eigenvalue weighted by Gasteiger charge is -2.34. The predicted molar refractivity (Wildman–Crippen MR) is 110 cm³/mol. The van der Waals surface area contributed by atoms with Crippen LogP contribution in [0.15, 0.2) is 24.3 Å². The quantitative estimate of drug-likeness (QED) is 0.578. The molecule has 0 aliphatic carbocycles. The molecular weight excluding hydrogens is 374 g/mol. The third kappa shape index (κ3) is 6.96. The third-order valence-electron chi connectivity index (χ3n) is 4.67. The van der Waals surface area contributed by atoms with Gasteiger partial charge < -0.3 is 25.0 Å². The summed E-state index contributed by atoms with van der Waals surface area (Å²) in [5.41, 5.74) is 0.750. The summed E-state index contributed by atoms with van der Waals surface area (Å²) in [7, 11) is 0. The monoisotopic (exact) mass is 405 g/mol. The molecule has 8 nitrogen and oxygen atoms in total. The maximum atomic E-state index is 12.7. The molecule has 1 heterocycles. The molecule has 1 fully saturated rings. The van der Waals surface area contributed by atoms with Crippen LogP contribution in [0.3, 0.4) is 0 Å². The van der Waals surface area contributed by atoms with E-state index in [2.05, 4.69) is 17.6 Å². The van der Waals surface area contributed by atoms with E-state index in [-0.39, 0.29) is 30.9 Å². The first-order valence-electron chi connectivity index (χ1n) is 10.2. The van der Waals surface area contributed by atoms with Gasteiger partial charge >= 0.3 is 5.97 Å². The molecule has 0 aromatic heterocycles. The van der Waals surface area contributed by atoms with Crippen molar-refractivity contribution in [2.24, 2.45) is 0 Å². The summed E-state index contributed by atoms with van der Waals surface area (Å²) in [6, 6.07) is 6.56. The number of anilines is 1. The molecule has 1 aromatic carbocycles. The molecule has 0 radical (unpaired) electrons. The molecule has 2 N–H and O–H groups in total. The minimum atomic E-state index is -0.845. The fraction of sp³-hybridized carbons (Fsp3) is 0.571. The number of piperazine rings is 1. The van der Waals surface area contributed by atoms with Gasteiger partial charge in [0.05, 0.1) is 25.7 Å². The minimum absolute atomic E-state index is 0.0145. The first kappa shape index (κ1) is 22.5. The Morgan fingerprint density at radius 1 is 1.34 bits per heavy atom. The highest BCUT2D eigenvalue weighted by molar-refractivity contribution is 5.93. The van der Waals surface area contributed by atoms with E-state index in [1.165, 1.54) is 4.90 Å². The number of hydrogen-bond acceptors (Lipinski definition) is 6. The summed E-state index contributed by atoms with van der Waals surface area (Å²) in [5, 5.41) is 5.78. The van der Waals surface area contributed by atoms with Gasteiger partial charge in [0.25, 0.3) is 0 Å². The van der Waals surface area contributed by atoms with Crippen LogP contribution in [-0.4, -0.2) is 61.1 Å². The molecule has 1 saturated heterocycles. The van der Waals surface area contributed by atoms with Crippen molar-refractivity contribution in [2.45, 2.75) is 52.2 Å². The number of esters is 1. The van der Waals surface area contributed by atoms with Crippen LogP contribution in [0.1, 0.15) is 40.0 Å². The number of nitrogens with one attached hydrogen (secondary N) is 2. The van der Waals surface area contributed by atoms with Gasteiger partial charge in [0.1, 0.15) is 11.8 Å². The Hall–Kier alpha value is -2.77. The molecule has 1 aliphatic rings. The van der Waals surface area contributed by atoms with Crippen molar-refractivity contribution in [3.63, 3.8) is 0 Å². The third-order valence-corrected chi connectivity index (χ3v) is 4.67. The standard InChI is InChI=1S/C21H31N3O5/c1-4-11-28-20(26)13-18-21(27)22-9-10-24(18)19(25)14-23-16-7-6-8-17(12-16)29-15(3)5-2/h6-8,12,15,18,23H,4-5,9-11,13-14H2,1-3H3,(H,22,27). The highest BCUT2D eigenvalue weighted by Gasteiger charge is 2.34. The maximum absolute atomic E-state index is 12.7. The summed E-state index contributed by atoms with van der Waals surface area (Å²) >= 11 is 0. The summed E-state index contributed by atoms with van der Waals surface area (Å²) in [4.78, 5) is 38.3. The van der Waals surface area contributed by atoms with E-state index in [1.807, 2.05) is 38.1 Å². The van der Waals surface area contributed by atoms with Gasteiger partial charge in [0.15, 0.2) is 0 Å². The lowest BCUT2D eigenvalue weighted by molar-refractivity contribution is -0.151. The zero-order chi connectivity index (χ0) is 21.2. The topological polar surface area (TPSA) is 97.0 Å². The second-order valence-corrected chi connectivity index (χ2v) is 7.04. The van der Waals surface area contributed by atoms with Gasteiger partial charge in [-0.25, -0.2) is 0 Å². The second kappa shape index (κ2) is 11.3. The summed E-state index contributed by atoms with van der Waals surface area (Å²) < 4.78 is 10.9. The molecule has 0 spiro atoms. The number of amides is 2. The van der Waals surface area contributed by atoms with Crippen LogP contribution >= 0.6 is 0 Å². The van der Waals surface area contributed by atoms with E-state index in [0.717, 1.165) is 17.9 Å². The van der Waals surface area contributed by atoms with Crippen molar-refractivity contribution >= 4 is 23.5 Å². The van der Waals surface area contributed by atoms with E-state index in [4.69, 9.17) is 9.47 Å². The number of carbonyl (C=O) groups excluding carboxylic acids is 3. The van der Waals surface area contributed by atoms with Gasteiger partial charge in [-0.05, 0) is 31.9 Å². The smallest absolute Gasteiger partial charge is 0.308 e. The molecule has 2 amide bonds. The van der Waals surface area contributed by atoms with Crippen molar-refractivity contribution in [3.05, 3.63) is 24.3 Å². The molecule has 29 heavy (non-hydrogen) atoms. The Balaban J connectivity index is 1.96. The normalized spacial score (nSPS) is 17.3. The molecule has 160 valence electrons. The minimum Gasteiger partial charge on any atom is -0.491 e. The largest absolute Gasteiger partial charge is 0.491 e. The number of rotatable bonds is 10. The second-order valence-electron chi connectivity index (χ2n) is 7.04. The van der Waals surface area contributed by atoms with Gasteiger partial charge in [-0.15, -0.1) is 0 Å². The SMILES string of the molecule is CCCOC(=O)CC1C(=O)NCCN1C(=O)CNc1cccc(OC(C)CC)c1. The molecular formula is C21H31N3O5. The summed E-state index contributed by atoms with van der Waals surface area (Å²) in [6.45, 7) is 6.98. The number of ether oxygens (including phenoxy) is 2. The molecule has 0 saturated carbocycles. The van der Waals surface area contributed by atoms with Crippen LogP contribution in [0, 0.1) is 0 Å². The molecule has 2 rings (SSSR count). The Bertz CT molecular complexity index is 709. The van der Waals surface area contributed by atoms with E-state index in [9.17, 15) is 14.4 Å². The highest BCUT2D eigenvalue weighted by atomic mass is 16.5. The van der Waals surface area contributed by atoms with Crippen LogP contribution in [-0.2, 0) is 19.1 Å². The van der Waals surface area contributed by atoms with Crippen LogP contribution in [0.5, 0.6) is 5.75 Å². The van der Waals surface area contributed by atoms with Gasteiger partial charge in [-0.2, -0.15) is 0 Å². The number of hydrogen-bond donors (Lipinski definition) is 2. The fourth-order valence-corrected chi connectivity index (χ4v) is 2.92. The predicted octanol–water partition coefficient (Wildman–Crippen LogP) is 1.95. The average molecular weight is 405 g/mol. The Labute approximate surface area is 171 Å². The van der Waals surface area contributed by atoms with E-state index < -0.39 is 12.0 Å². The highest BCUT2D eigenvalue weighted by Crippen LogP contribution is 2.19. The number of benzene rings is 1. The average Bonchev–Trinajstić information content (AvgIpc) is 2.72. The van der Waals surface area contributed by atoms with Gasteiger partial charge in [0.2, 0.25) is 11.8 Å². The molecule has 1 aromatic rings. The van der Waals surface area contributed by atoms with Gasteiger partial charge in [-0.3, -0.25) is 14.4 Å². The van der Waals surface area contributed by atoms with E-state index in [0.29, 0.717) is 26.1 Å². The van der Waals surface area contributed by atoms with Crippen molar-refractivity contribution < 1.29 is 23.9 Å². The Morgan fingerprint density at radius 3 is 2.86 bits per heavy atom. The van der Waals surface area contributed by atoms with Crippen LogP contribution in [0.4, 0.5) is 5.69 Å². The lowest BCUT2D eigenvalue weighted by Crippen LogP contribution is -2.58. The summed E-state index contributed by atoms with van der Waals surface area (Å²) in [6.07, 6.45) is 1.56. The lowest BCUT2D eigenvalue weighted by atomic mass is 10.1. The van der Waals surface area contributed by atoms with Gasteiger partial charge in [-0.1, -0.05) is 19.9 Å². The molecule has 8 heteroatoms. The Morgan fingerprint density at radius 2 is 2.14 bits per heavy atom. The Kier molecular flexibility index (Phi) is 8.76. The zero-order valence-electron chi connectivity index (χ0n) is 17.4. The van der Waals surface area contributed by atoms with Gasteiger partial charge in [0, 0.05) is 24.8 Å².